The second-order valence-electron chi connectivity index (χ2n) is 7.84. The van der Waals surface area contributed by atoms with E-state index in [0.717, 1.165) is 32.5 Å². The van der Waals surface area contributed by atoms with Gasteiger partial charge in [0.05, 0.1) is 0 Å². The molecule has 4 nitrogen and oxygen atoms in total. The van der Waals surface area contributed by atoms with Crippen LogP contribution in [0.4, 0.5) is 0 Å². The van der Waals surface area contributed by atoms with Gasteiger partial charge in [-0.05, 0) is 62.0 Å². The van der Waals surface area contributed by atoms with E-state index < -0.39 is 5.60 Å². The molecule has 1 aromatic heterocycles. The molecular formula is C20H32N2O2S. The van der Waals surface area contributed by atoms with Crippen molar-refractivity contribution in [3.8, 4) is 0 Å². The molecule has 25 heavy (non-hydrogen) atoms. The maximum absolute atomic E-state index is 12.8. The van der Waals surface area contributed by atoms with Gasteiger partial charge in [-0.3, -0.25) is 4.79 Å². The third-order valence-corrected chi connectivity index (χ3v) is 6.90. The molecule has 2 N–H and O–H groups in total. The summed E-state index contributed by atoms with van der Waals surface area (Å²) in [4.78, 5) is 16.2. The second-order valence-corrected chi connectivity index (χ2v) is 8.84. The smallest absolute Gasteiger partial charge is 0.255 e. The number of carbonyl (C=O) groups is 1. The van der Waals surface area contributed by atoms with Crippen LogP contribution in [0.1, 0.15) is 55.4 Å². The number of likely N-dealkylation sites (tertiary alicyclic amines) is 1. The number of hydrogen-bond acceptors (Lipinski definition) is 4. The monoisotopic (exact) mass is 364 g/mol. The molecule has 1 aliphatic carbocycles. The molecule has 0 spiro atoms. The molecule has 5 heteroatoms. The van der Waals surface area contributed by atoms with E-state index in [0.29, 0.717) is 18.9 Å². The van der Waals surface area contributed by atoms with E-state index in [2.05, 4.69) is 23.7 Å². The van der Waals surface area contributed by atoms with Gasteiger partial charge in [-0.2, -0.15) is 0 Å². The molecule has 2 aliphatic rings. The number of nitrogens with one attached hydrogen (secondary N) is 1. The van der Waals surface area contributed by atoms with Crippen LogP contribution in [0.15, 0.2) is 11.4 Å². The highest BCUT2D eigenvalue weighted by atomic mass is 32.1. The second kappa shape index (κ2) is 8.65. The summed E-state index contributed by atoms with van der Waals surface area (Å²) in [5.74, 6) is 0.582. The number of rotatable bonds is 7. The van der Waals surface area contributed by atoms with E-state index in [9.17, 15) is 9.90 Å². The number of piperidine rings is 1. The number of amides is 1. The first-order valence-corrected chi connectivity index (χ1v) is 10.7. The zero-order chi connectivity index (χ0) is 17.7. The predicted molar refractivity (Wildman–Crippen MR) is 103 cm³/mol. The first-order valence-electron chi connectivity index (χ1n) is 9.84. The molecule has 2 fully saturated rings. The lowest BCUT2D eigenvalue weighted by atomic mass is 9.86. The van der Waals surface area contributed by atoms with E-state index in [1.807, 2.05) is 4.90 Å². The lowest BCUT2D eigenvalue weighted by molar-refractivity contribution is -0.157. The maximum atomic E-state index is 12.8. The lowest BCUT2D eigenvalue weighted by Gasteiger charge is -2.40. The minimum Gasteiger partial charge on any atom is -0.379 e. The minimum atomic E-state index is -1.21. The Morgan fingerprint density at radius 1 is 1.32 bits per heavy atom. The molecule has 1 aromatic rings. The third-order valence-electron chi connectivity index (χ3n) is 5.82. The molecule has 1 saturated carbocycles. The zero-order valence-corrected chi connectivity index (χ0v) is 16.2. The molecule has 1 aliphatic heterocycles. The molecule has 1 atom stereocenters. The third kappa shape index (κ3) is 4.83. The van der Waals surface area contributed by atoms with E-state index in [1.54, 1.807) is 11.3 Å². The average Bonchev–Trinajstić information content (AvgIpc) is 3.02. The minimum absolute atomic E-state index is 0.0517. The van der Waals surface area contributed by atoms with Gasteiger partial charge in [0.15, 0.2) is 5.60 Å². The summed E-state index contributed by atoms with van der Waals surface area (Å²) in [5, 5.41) is 16.3. The highest BCUT2D eigenvalue weighted by molar-refractivity contribution is 7.10. The van der Waals surface area contributed by atoms with Crippen molar-refractivity contribution in [1.82, 2.24) is 10.2 Å². The zero-order valence-electron chi connectivity index (χ0n) is 15.4. The van der Waals surface area contributed by atoms with Gasteiger partial charge in [0.1, 0.15) is 0 Å². The molecule has 0 bridgehead atoms. The Hall–Kier alpha value is -0.910. The maximum Gasteiger partial charge on any atom is 0.255 e. The van der Waals surface area contributed by atoms with Crippen LogP contribution in [-0.2, 0) is 11.2 Å². The normalized spacial score (nSPS) is 25.5. The van der Waals surface area contributed by atoms with Crippen molar-refractivity contribution in [3.05, 3.63) is 21.9 Å². The average molecular weight is 365 g/mol. The van der Waals surface area contributed by atoms with Crippen molar-refractivity contribution in [3.63, 3.8) is 0 Å². The van der Waals surface area contributed by atoms with Crippen molar-refractivity contribution >= 4 is 17.2 Å². The van der Waals surface area contributed by atoms with Crippen LogP contribution < -0.4 is 5.32 Å². The fourth-order valence-electron chi connectivity index (χ4n) is 4.24. The Bertz CT molecular complexity index is 568. The number of aryl methyl sites for hydroxylation is 1. The van der Waals surface area contributed by atoms with Gasteiger partial charge in [-0.25, -0.2) is 0 Å². The van der Waals surface area contributed by atoms with E-state index in [4.69, 9.17) is 0 Å². The lowest BCUT2D eigenvalue weighted by Crippen LogP contribution is -2.58. The van der Waals surface area contributed by atoms with Gasteiger partial charge in [0, 0.05) is 31.1 Å². The predicted octanol–water partition coefficient (Wildman–Crippen LogP) is 3.12. The summed E-state index contributed by atoms with van der Waals surface area (Å²) in [7, 11) is 0. The van der Waals surface area contributed by atoms with Crippen molar-refractivity contribution < 1.29 is 9.90 Å². The summed E-state index contributed by atoms with van der Waals surface area (Å²) in [5.41, 5.74) is 0.120. The topological polar surface area (TPSA) is 52.6 Å². The Balaban J connectivity index is 1.47. The quantitative estimate of drug-likeness (QED) is 0.731. The van der Waals surface area contributed by atoms with Crippen molar-refractivity contribution in [2.24, 2.45) is 5.92 Å². The van der Waals surface area contributed by atoms with Crippen LogP contribution in [0.2, 0.25) is 0 Å². The number of aliphatic hydroxyl groups is 1. The Labute approximate surface area is 155 Å². The molecule has 0 aromatic carbocycles. The molecule has 1 saturated heterocycles. The molecule has 140 valence electrons. The fraction of sp³-hybridized carbons (Fsp3) is 0.750. The van der Waals surface area contributed by atoms with Crippen molar-refractivity contribution in [2.45, 2.75) is 63.9 Å². The van der Waals surface area contributed by atoms with Crippen LogP contribution in [0, 0.1) is 12.8 Å². The summed E-state index contributed by atoms with van der Waals surface area (Å²) in [6.45, 7) is 4.96. The van der Waals surface area contributed by atoms with Crippen LogP contribution in [0.3, 0.4) is 0 Å². The van der Waals surface area contributed by atoms with E-state index in [-0.39, 0.29) is 5.91 Å². The van der Waals surface area contributed by atoms with Crippen LogP contribution in [-0.4, -0.2) is 47.7 Å². The van der Waals surface area contributed by atoms with Gasteiger partial charge in [0.2, 0.25) is 0 Å². The Morgan fingerprint density at radius 3 is 2.84 bits per heavy atom. The van der Waals surface area contributed by atoms with E-state index >= 15 is 0 Å². The molecule has 0 radical (unpaired) electrons. The summed E-state index contributed by atoms with van der Waals surface area (Å²) in [6.07, 6.45) is 8.84. The largest absolute Gasteiger partial charge is 0.379 e. The first kappa shape index (κ1) is 18.9. The molecule has 0 unspecified atom stereocenters. The summed E-state index contributed by atoms with van der Waals surface area (Å²) >= 11 is 1.78. The number of thiophene rings is 1. The number of hydrogen-bond donors (Lipinski definition) is 2. The van der Waals surface area contributed by atoms with Gasteiger partial charge in [0.25, 0.3) is 5.91 Å². The van der Waals surface area contributed by atoms with Crippen molar-refractivity contribution in [2.75, 3.05) is 26.2 Å². The van der Waals surface area contributed by atoms with Gasteiger partial charge in [-0.15, -0.1) is 11.3 Å². The van der Waals surface area contributed by atoms with Gasteiger partial charge in [-0.1, -0.05) is 19.3 Å². The fourth-order valence-corrected chi connectivity index (χ4v) is 5.15. The SMILES string of the molecule is Cc1ccsc1CCNC[C@@]1(O)CCCN(CC2CCCCC2)C1=O. The first-order chi connectivity index (χ1) is 12.1. The van der Waals surface area contributed by atoms with Crippen molar-refractivity contribution in [1.29, 1.82) is 0 Å². The summed E-state index contributed by atoms with van der Waals surface area (Å²) < 4.78 is 0. The van der Waals surface area contributed by atoms with Crippen LogP contribution in [0.25, 0.3) is 0 Å². The molecular weight excluding hydrogens is 332 g/mol. The molecule has 2 heterocycles. The van der Waals surface area contributed by atoms with Crippen LogP contribution in [0.5, 0.6) is 0 Å². The van der Waals surface area contributed by atoms with Crippen LogP contribution >= 0.6 is 11.3 Å². The van der Waals surface area contributed by atoms with E-state index in [1.165, 1.54) is 42.5 Å². The molecule has 3 rings (SSSR count). The Morgan fingerprint density at radius 2 is 2.12 bits per heavy atom. The number of carbonyl (C=O) groups excluding carboxylic acids is 1. The highest BCUT2D eigenvalue weighted by Crippen LogP contribution is 2.28. The standard InChI is InChI=1S/C20H32N2O2S/c1-16-9-13-25-18(16)8-11-21-15-20(24)10-5-12-22(19(20)23)14-17-6-3-2-4-7-17/h9,13,17,21,24H,2-8,10-12,14-15H2,1H3/t20-/m0/s1. The summed E-state index contributed by atoms with van der Waals surface area (Å²) in [6, 6.07) is 2.14. The van der Waals surface area contributed by atoms with Gasteiger partial charge >= 0.3 is 0 Å². The van der Waals surface area contributed by atoms with Gasteiger partial charge < -0.3 is 15.3 Å². The highest BCUT2D eigenvalue weighted by Gasteiger charge is 2.42. The number of nitrogens with zero attached hydrogens (tertiary/aromatic N) is 1. The molecule has 1 amide bonds. The Kier molecular flexibility index (Phi) is 6.53.